The van der Waals surface area contributed by atoms with Gasteiger partial charge in [-0.25, -0.2) is 0 Å². The van der Waals surface area contributed by atoms with Crippen molar-refractivity contribution in [3.8, 4) is 0 Å². The lowest BCUT2D eigenvalue weighted by Crippen LogP contribution is -2.49. The van der Waals surface area contributed by atoms with Crippen LogP contribution in [0.1, 0.15) is 39.5 Å². The molecule has 1 amide bonds. The van der Waals surface area contributed by atoms with Crippen molar-refractivity contribution >= 4 is 5.91 Å². The Kier molecular flexibility index (Phi) is 7.21. The van der Waals surface area contributed by atoms with Crippen LogP contribution in [0.3, 0.4) is 0 Å². The lowest BCUT2D eigenvalue weighted by Gasteiger charge is -2.29. The highest BCUT2D eigenvalue weighted by Crippen LogP contribution is 2.02. The molecule has 100 valence electrons. The van der Waals surface area contributed by atoms with Crippen LogP contribution in [0.5, 0.6) is 0 Å². The molecule has 1 heterocycles. The first-order valence-corrected chi connectivity index (χ1v) is 6.85. The van der Waals surface area contributed by atoms with E-state index in [1.54, 1.807) is 0 Å². The molecule has 0 aromatic rings. The molecule has 0 spiro atoms. The molecule has 1 aliphatic rings. The lowest BCUT2D eigenvalue weighted by molar-refractivity contribution is -0.137. The van der Waals surface area contributed by atoms with Gasteiger partial charge < -0.3 is 15.0 Å². The Balaban J connectivity index is 2.12. The zero-order valence-electron chi connectivity index (χ0n) is 11.2. The van der Waals surface area contributed by atoms with Gasteiger partial charge in [-0.3, -0.25) is 4.79 Å². The highest BCUT2D eigenvalue weighted by molar-refractivity contribution is 5.81. The average Bonchev–Trinajstić information content (AvgIpc) is 2.38. The molecule has 1 unspecified atom stereocenters. The number of rotatable bonds is 7. The Morgan fingerprint density at radius 3 is 2.65 bits per heavy atom. The average molecular weight is 242 g/mol. The molecule has 1 rings (SSSR count). The zero-order valence-corrected chi connectivity index (χ0v) is 11.2. The molecule has 0 saturated carbocycles. The number of carbonyl (C=O) groups is 1. The predicted molar refractivity (Wildman–Crippen MR) is 69.0 cm³/mol. The van der Waals surface area contributed by atoms with E-state index < -0.39 is 0 Å². The van der Waals surface area contributed by atoms with Crippen molar-refractivity contribution in [1.29, 1.82) is 0 Å². The van der Waals surface area contributed by atoms with E-state index in [2.05, 4.69) is 12.2 Å². The first kappa shape index (κ1) is 14.5. The summed E-state index contributed by atoms with van der Waals surface area (Å²) in [5.74, 6) is 0.212. The SMILES string of the molecule is CCCCCCNC(C)C(=O)N1CCOCC1. The molecule has 1 fully saturated rings. The number of carbonyl (C=O) groups excluding carboxylic acids is 1. The summed E-state index contributed by atoms with van der Waals surface area (Å²) in [5.41, 5.74) is 0. The summed E-state index contributed by atoms with van der Waals surface area (Å²) < 4.78 is 5.24. The van der Waals surface area contributed by atoms with Gasteiger partial charge in [0.05, 0.1) is 19.3 Å². The minimum atomic E-state index is -0.0604. The van der Waals surface area contributed by atoms with Gasteiger partial charge in [-0.05, 0) is 19.9 Å². The van der Waals surface area contributed by atoms with Crippen molar-refractivity contribution in [2.75, 3.05) is 32.8 Å². The van der Waals surface area contributed by atoms with E-state index in [-0.39, 0.29) is 11.9 Å². The minimum Gasteiger partial charge on any atom is -0.378 e. The number of ether oxygens (including phenoxy) is 1. The Bertz CT molecular complexity index is 215. The van der Waals surface area contributed by atoms with Gasteiger partial charge in [0.15, 0.2) is 0 Å². The first-order chi connectivity index (χ1) is 8.25. The van der Waals surface area contributed by atoms with Crippen LogP contribution in [-0.2, 0) is 9.53 Å². The Labute approximate surface area is 105 Å². The quantitative estimate of drug-likeness (QED) is 0.686. The maximum atomic E-state index is 12.0. The molecule has 1 atom stereocenters. The van der Waals surface area contributed by atoms with Crippen LogP contribution in [0.25, 0.3) is 0 Å². The number of nitrogens with zero attached hydrogens (tertiary/aromatic N) is 1. The number of hydrogen-bond donors (Lipinski definition) is 1. The Morgan fingerprint density at radius 2 is 2.00 bits per heavy atom. The van der Waals surface area contributed by atoms with Gasteiger partial charge in [-0.1, -0.05) is 26.2 Å². The first-order valence-electron chi connectivity index (χ1n) is 6.85. The number of nitrogens with one attached hydrogen (secondary N) is 1. The van der Waals surface area contributed by atoms with Crippen LogP contribution in [0.15, 0.2) is 0 Å². The van der Waals surface area contributed by atoms with E-state index in [1.165, 1.54) is 19.3 Å². The number of hydrogen-bond acceptors (Lipinski definition) is 3. The van der Waals surface area contributed by atoms with Crippen molar-refractivity contribution in [3.63, 3.8) is 0 Å². The second-order valence-corrected chi connectivity index (χ2v) is 4.67. The van der Waals surface area contributed by atoms with Gasteiger partial charge in [-0.15, -0.1) is 0 Å². The molecule has 1 saturated heterocycles. The third-order valence-electron chi connectivity index (χ3n) is 3.17. The summed E-state index contributed by atoms with van der Waals surface area (Å²) in [4.78, 5) is 13.9. The largest absolute Gasteiger partial charge is 0.378 e. The number of unbranched alkanes of at least 4 members (excludes halogenated alkanes) is 3. The number of amides is 1. The summed E-state index contributed by atoms with van der Waals surface area (Å²) in [6, 6.07) is -0.0604. The van der Waals surface area contributed by atoms with Crippen LogP contribution in [0, 0.1) is 0 Å². The van der Waals surface area contributed by atoms with E-state index in [4.69, 9.17) is 4.74 Å². The molecule has 0 radical (unpaired) electrons. The van der Waals surface area contributed by atoms with Crippen LogP contribution in [0.4, 0.5) is 0 Å². The second-order valence-electron chi connectivity index (χ2n) is 4.67. The molecular weight excluding hydrogens is 216 g/mol. The normalized spacial score (nSPS) is 18.1. The summed E-state index contributed by atoms with van der Waals surface area (Å²) in [6.45, 7) is 7.93. The van der Waals surface area contributed by atoms with Crippen molar-refractivity contribution in [1.82, 2.24) is 10.2 Å². The van der Waals surface area contributed by atoms with Gasteiger partial charge in [0.25, 0.3) is 0 Å². The fraction of sp³-hybridized carbons (Fsp3) is 0.923. The maximum absolute atomic E-state index is 12.0. The van der Waals surface area contributed by atoms with E-state index in [1.807, 2.05) is 11.8 Å². The maximum Gasteiger partial charge on any atom is 0.239 e. The topological polar surface area (TPSA) is 41.6 Å². The highest BCUT2D eigenvalue weighted by Gasteiger charge is 2.21. The molecule has 0 aromatic carbocycles. The Hall–Kier alpha value is -0.610. The molecule has 4 heteroatoms. The summed E-state index contributed by atoms with van der Waals surface area (Å²) in [6.07, 6.45) is 4.95. The van der Waals surface area contributed by atoms with E-state index >= 15 is 0 Å². The molecular formula is C13H26N2O2. The fourth-order valence-corrected chi connectivity index (χ4v) is 2.02. The van der Waals surface area contributed by atoms with Gasteiger partial charge in [0.1, 0.15) is 0 Å². The van der Waals surface area contributed by atoms with Crippen LogP contribution in [0.2, 0.25) is 0 Å². The lowest BCUT2D eigenvalue weighted by atomic mass is 10.2. The highest BCUT2D eigenvalue weighted by atomic mass is 16.5. The summed E-state index contributed by atoms with van der Waals surface area (Å²) in [7, 11) is 0. The van der Waals surface area contributed by atoms with E-state index in [0.717, 1.165) is 26.1 Å². The molecule has 17 heavy (non-hydrogen) atoms. The minimum absolute atomic E-state index is 0.0604. The second kappa shape index (κ2) is 8.48. The van der Waals surface area contributed by atoms with Crippen LogP contribution < -0.4 is 5.32 Å². The smallest absolute Gasteiger partial charge is 0.239 e. The third-order valence-corrected chi connectivity index (χ3v) is 3.17. The molecule has 1 aliphatic heterocycles. The molecule has 0 aromatic heterocycles. The predicted octanol–water partition coefficient (Wildman–Crippen LogP) is 1.40. The summed E-state index contributed by atoms with van der Waals surface area (Å²) >= 11 is 0. The third kappa shape index (κ3) is 5.50. The van der Waals surface area contributed by atoms with Crippen molar-refractivity contribution < 1.29 is 9.53 Å². The zero-order chi connectivity index (χ0) is 12.5. The Morgan fingerprint density at radius 1 is 1.29 bits per heavy atom. The van der Waals surface area contributed by atoms with Crippen molar-refractivity contribution in [2.24, 2.45) is 0 Å². The molecule has 0 aliphatic carbocycles. The van der Waals surface area contributed by atoms with Crippen molar-refractivity contribution in [3.05, 3.63) is 0 Å². The number of morpholine rings is 1. The molecule has 0 bridgehead atoms. The fourth-order valence-electron chi connectivity index (χ4n) is 2.02. The van der Waals surface area contributed by atoms with Gasteiger partial charge >= 0.3 is 0 Å². The van der Waals surface area contributed by atoms with E-state index in [0.29, 0.717) is 13.2 Å². The van der Waals surface area contributed by atoms with Gasteiger partial charge in [0.2, 0.25) is 5.91 Å². The van der Waals surface area contributed by atoms with E-state index in [9.17, 15) is 4.79 Å². The molecule has 4 nitrogen and oxygen atoms in total. The monoisotopic (exact) mass is 242 g/mol. The van der Waals surface area contributed by atoms with Gasteiger partial charge in [-0.2, -0.15) is 0 Å². The summed E-state index contributed by atoms with van der Waals surface area (Å²) in [5, 5.41) is 3.31. The standard InChI is InChI=1S/C13H26N2O2/c1-3-4-5-6-7-14-12(2)13(16)15-8-10-17-11-9-15/h12,14H,3-11H2,1-2H3. The van der Waals surface area contributed by atoms with Crippen molar-refractivity contribution in [2.45, 2.75) is 45.6 Å². The van der Waals surface area contributed by atoms with Crippen LogP contribution >= 0.6 is 0 Å². The van der Waals surface area contributed by atoms with Crippen LogP contribution in [-0.4, -0.2) is 49.7 Å². The van der Waals surface area contributed by atoms with Gasteiger partial charge in [0, 0.05) is 13.1 Å². The molecule has 1 N–H and O–H groups in total.